The Bertz CT molecular complexity index is 884. The molecule has 6 nitrogen and oxygen atoms in total. The molecule has 1 N–H and O–H groups in total. The van der Waals surface area contributed by atoms with Crippen molar-refractivity contribution in [1.82, 2.24) is 0 Å². The maximum atomic E-state index is 14.0. The SMILES string of the molecule is COc1cc(C)c(NC(=O)[C@H]2CC(=O)N(c3ccccc3F)C2)cc1OC. The number of anilines is 2. The Balaban J connectivity index is 1.76. The molecule has 1 aliphatic rings. The molecule has 1 aliphatic heterocycles. The molecule has 0 bridgehead atoms. The number of nitrogens with one attached hydrogen (secondary N) is 1. The number of carbonyl (C=O) groups is 2. The average Bonchev–Trinajstić information content (AvgIpc) is 3.05. The third-order valence-electron chi connectivity index (χ3n) is 4.63. The highest BCUT2D eigenvalue weighted by atomic mass is 19.1. The van der Waals surface area contributed by atoms with E-state index in [2.05, 4.69) is 5.32 Å². The molecule has 142 valence electrons. The lowest BCUT2D eigenvalue weighted by molar-refractivity contribution is -0.122. The number of para-hydroxylation sites is 1. The molecule has 2 aromatic rings. The zero-order valence-corrected chi connectivity index (χ0v) is 15.4. The number of nitrogens with zero attached hydrogens (tertiary/aromatic N) is 1. The first-order valence-electron chi connectivity index (χ1n) is 8.53. The molecule has 0 radical (unpaired) electrons. The van der Waals surface area contributed by atoms with Crippen molar-refractivity contribution in [2.24, 2.45) is 5.92 Å². The van der Waals surface area contributed by atoms with Gasteiger partial charge in [0.2, 0.25) is 11.8 Å². The highest BCUT2D eigenvalue weighted by molar-refractivity contribution is 6.03. The van der Waals surface area contributed by atoms with E-state index in [1.165, 1.54) is 31.3 Å². The highest BCUT2D eigenvalue weighted by Gasteiger charge is 2.36. The Hall–Kier alpha value is -3.09. The second-order valence-corrected chi connectivity index (χ2v) is 6.37. The standard InChI is InChI=1S/C20H21FN2O4/c1-12-8-17(26-2)18(27-3)10-15(12)22-20(25)13-9-19(24)23(11-13)16-7-5-4-6-14(16)21/h4-8,10,13H,9,11H2,1-3H3,(H,22,25)/t13-/m0/s1. The summed E-state index contributed by atoms with van der Waals surface area (Å²) in [5.74, 6) is -0.558. The molecule has 0 spiro atoms. The molecule has 1 heterocycles. The first kappa shape index (κ1) is 18.7. The first-order chi connectivity index (χ1) is 12.9. The average molecular weight is 372 g/mol. The Morgan fingerprint density at radius 1 is 1.19 bits per heavy atom. The molecule has 2 amide bonds. The lowest BCUT2D eigenvalue weighted by Crippen LogP contribution is -2.28. The van der Waals surface area contributed by atoms with Crippen LogP contribution in [-0.2, 0) is 9.59 Å². The minimum atomic E-state index is -0.565. The van der Waals surface area contributed by atoms with Gasteiger partial charge in [-0.1, -0.05) is 12.1 Å². The summed E-state index contributed by atoms with van der Waals surface area (Å²) in [6, 6.07) is 9.49. The van der Waals surface area contributed by atoms with Gasteiger partial charge in [-0.25, -0.2) is 4.39 Å². The summed E-state index contributed by atoms with van der Waals surface area (Å²) in [4.78, 5) is 26.3. The van der Waals surface area contributed by atoms with Gasteiger partial charge in [0.1, 0.15) is 5.82 Å². The van der Waals surface area contributed by atoms with Gasteiger partial charge >= 0.3 is 0 Å². The van der Waals surface area contributed by atoms with Crippen LogP contribution in [0.25, 0.3) is 0 Å². The number of amides is 2. The van der Waals surface area contributed by atoms with Crippen LogP contribution in [0.15, 0.2) is 36.4 Å². The van der Waals surface area contributed by atoms with Crippen LogP contribution in [0.4, 0.5) is 15.8 Å². The number of rotatable bonds is 5. The normalized spacial score (nSPS) is 16.4. The number of aryl methyl sites for hydroxylation is 1. The summed E-state index contributed by atoms with van der Waals surface area (Å²) in [6.07, 6.45) is 0.0342. The predicted molar refractivity (Wildman–Crippen MR) is 99.8 cm³/mol. The molecule has 0 saturated carbocycles. The van der Waals surface area contributed by atoms with Crippen LogP contribution in [0.2, 0.25) is 0 Å². The van der Waals surface area contributed by atoms with Crippen molar-refractivity contribution in [2.75, 3.05) is 31.0 Å². The van der Waals surface area contributed by atoms with E-state index in [1.807, 2.05) is 6.92 Å². The lowest BCUT2D eigenvalue weighted by Gasteiger charge is -2.18. The molecule has 0 aliphatic carbocycles. The third-order valence-corrected chi connectivity index (χ3v) is 4.63. The van der Waals surface area contributed by atoms with Crippen molar-refractivity contribution in [3.8, 4) is 11.5 Å². The first-order valence-corrected chi connectivity index (χ1v) is 8.53. The van der Waals surface area contributed by atoms with Gasteiger partial charge in [0.25, 0.3) is 0 Å². The second kappa shape index (κ2) is 7.65. The number of hydrogen-bond donors (Lipinski definition) is 1. The van der Waals surface area contributed by atoms with Gasteiger partial charge in [0.15, 0.2) is 11.5 Å². The minimum absolute atomic E-state index is 0.0342. The molecule has 0 aromatic heterocycles. The molecule has 27 heavy (non-hydrogen) atoms. The molecular formula is C20H21FN2O4. The van der Waals surface area contributed by atoms with E-state index < -0.39 is 11.7 Å². The maximum Gasteiger partial charge on any atom is 0.229 e. The monoisotopic (exact) mass is 372 g/mol. The Labute approximate surface area is 156 Å². The molecule has 0 unspecified atom stereocenters. The predicted octanol–water partition coefficient (Wildman–Crippen LogP) is 3.14. The second-order valence-electron chi connectivity index (χ2n) is 6.37. The Morgan fingerprint density at radius 3 is 2.52 bits per heavy atom. The third kappa shape index (κ3) is 3.72. The fourth-order valence-corrected chi connectivity index (χ4v) is 3.14. The quantitative estimate of drug-likeness (QED) is 0.876. The summed E-state index contributed by atoms with van der Waals surface area (Å²) in [6.45, 7) is 1.97. The summed E-state index contributed by atoms with van der Waals surface area (Å²) in [5, 5.41) is 2.84. The van der Waals surface area contributed by atoms with E-state index in [0.29, 0.717) is 17.2 Å². The van der Waals surface area contributed by atoms with Crippen molar-refractivity contribution in [2.45, 2.75) is 13.3 Å². The summed E-state index contributed by atoms with van der Waals surface area (Å²) in [5.41, 5.74) is 1.57. The fourth-order valence-electron chi connectivity index (χ4n) is 3.14. The zero-order valence-electron chi connectivity index (χ0n) is 15.4. The van der Waals surface area contributed by atoms with Gasteiger partial charge in [0.05, 0.1) is 25.8 Å². The van der Waals surface area contributed by atoms with Crippen LogP contribution in [0.3, 0.4) is 0 Å². The van der Waals surface area contributed by atoms with E-state index in [1.54, 1.807) is 24.3 Å². The van der Waals surface area contributed by atoms with Crippen molar-refractivity contribution in [1.29, 1.82) is 0 Å². The van der Waals surface area contributed by atoms with E-state index in [-0.39, 0.29) is 30.5 Å². The smallest absolute Gasteiger partial charge is 0.229 e. The van der Waals surface area contributed by atoms with Gasteiger partial charge in [0, 0.05) is 24.7 Å². The molecule has 3 rings (SSSR count). The molecule has 1 fully saturated rings. The van der Waals surface area contributed by atoms with E-state index in [4.69, 9.17) is 9.47 Å². The van der Waals surface area contributed by atoms with Crippen LogP contribution < -0.4 is 19.7 Å². The van der Waals surface area contributed by atoms with E-state index in [0.717, 1.165) is 5.56 Å². The number of hydrogen-bond acceptors (Lipinski definition) is 4. The van der Waals surface area contributed by atoms with Crippen molar-refractivity contribution >= 4 is 23.2 Å². The number of methoxy groups -OCH3 is 2. The largest absolute Gasteiger partial charge is 0.493 e. The minimum Gasteiger partial charge on any atom is -0.493 e. The van der Waals surface area contributed by atoms with Gasteiger partial charge in [-0.05, 0) is 30.7 Å². The number of halogens is 1. The fraction of sp³-hybridized carbons (Fsp3) is 0.300. The Morgan fingerprint density at radius 2 is 1.85 bits per heavy atom. The number of ether oxygens (including phenoxy) is 2. The summed E-state index contributed by atoms with van der Waals surface area (Å²) >= 11 is 0. The van der Waals surface area contributed by atoms with Crippen LogP contribution >= 0.6 is 0 Å². The highest BCUT2D eigenvalue weighted by Crippen LogP contribution is 2.34. The van der Waals surface area contributed by atoms with E-state index >= 15 is 0 Å². The van der Waals surface area contributed by atoms with Crippen molar-refractivity contribution in [3.05, 3.63) is 47.8 Å². The Kier molecular flexibility index (Phi) is 5.30. The van der Waals surface area contributed by atoms with Crippen LogP contribution in [-0.4, -0.2) is 32.6 Å². The molecule has 7 heteroatoms. The number of benzene rings is 2. The number of carbonyl (C=O) groups excluding carboxylic acids is 2. The van der Waals surface area contributed by atoms with E-state index in [9.17, 15) is 14.0 Å². The molecule has 1 atom stereocenters. The summed E-state index contributed by atoms with van der Waals surface area (Å²) < 4.78 is 24.5. The van der Waals surface area contributed by atoms with Gasteiger partial charge in [-0.15, -0.1) is 0 Å². The molecule has 1 saturated heterocycles. The molecule has 2 aromatic carbocycles. The van der Waals surface area contributed by atoms with Gasteiger partial charge in [-0.3, -0.25) is 9.59 Å². The topological polar surface area (TPSA) is 67.9 Å². The lowest BCUT2D eigenvalue weighted by atomic mass is 10.1. The zero-order chi connectivity index (χ0) is 19.6. The van der Waals surface area contributed by atoms with Crippen molar-refractivity contribution < 1.29 is 23.5 Å². The van der Waals surface area contributed by atoms with Crippen LogP contribution in [0.5, 0.6) is 11.5 Å². The van der Waals surface area contributed by atoms with Crippen LogP contribution in [0, 0.1) is 18.7 Å². The van der Waals surface area contributed by atoms with Gasteiger partial charge in [-0.2, -0.15) is 0 Å². The van der Waals surface area contributed by atoms with Crippen molar-refractivity contribution in [3.63, 3.8) is 0 Å². The maximum absolute atomic E-state index is 14.0. The van der Waals surface area contributed by atoms with Crippen LogP contribution in [0.1, 0.15) is 12.0 Å². The summed E-state index contributed by atoms with van der Waals surface area (Å²) in [7, 11) is 3.05. The molecular weight excluding hydrogens is 351 g/mol. The van der Waals surface area contributed by atoms with Gasteiger partial charge < -0.3 is 19.7 Å².